The van der Waals surface area contributed by atoms with Crippen molar-refractivity contribution in [3.8, 4) is 0 Å². The van der Waals surface area contributed by atoms with Crippen LogP contribution >= 0.6 is 0 Å². The average molecular weight is 316 g/mol. The lowest BCUT2D eigenvalue weighted by Crippen LogP contribution is -2.48. The second-order valence-electron chi connectivity index (χ2n) is 7.11. The monoisotopic (exact) mass is 316 g/mol. The van der Waals surface area contributed by atoms with Gasteiger partial charge < -0.3 is 15.7 Å². The van der Waals surface area contributed by atoms with E-state index in [-0.39, 0.29) is 24.2 Å². The second kappa shape index (κ2) is 7.82. The Morgan fingerprint density at radius 2 is 1.74 bits per heavy atom. The number of hydrogen-bond donors (Lipinski definition) is 3. The number of hydrogen-bond acceptors (Lipinski definition) is 2. The predicted octanol–water partition coefficient (Wildman–Crippen LogP) is 3.00. The third-order valence-corrected chi connectivity index (χ3v) is 5.35. The first-order valence-corrected chi connectivity index (χ1v) is 8.99. The molecule has 0 spiro atoms. The van der Waals surface area contributed by atoms with Crippen molar-refractivity contribution >= 4 is 6.03 Å². The van der Waals surface area contributed by atoms with E-state index in [1.165, 1.54) is 18.4 Å². The van der Waals surface area contributed by atoms with Crippen molar-refractivity contribution in [3.63, 3.8) is 0 Å². The highest BCUT2D eigenvalue weighted by molar-refractivity contribution is 5.74. The first-order chi connectivity index (χ1) is 11.2. The molecule has 0 aromatic heterocycles. The Morgan fingerprint density at radius 1 is 1.00 bits per heavy atom. The number of aliphatic hydroxyl groups excluding tert-OH is 1. The number of amides is 2. The van der Waals surface area contributed by atoms with Crippen LogP contribution in [0.4, 0.5) is 4.79 Å². The van der Waals surface area contributed by atoms with Crippen molar-refractivity contribution < 1.29 is 9.90 Å². The smallest absolute Gasteiger partial charge is 0.315 e. The van der Waals surface area contributed by atoms with Crippen LogP contribution in [-0.2, 0) is 6.42 Å². The van der Waals surface area contributed by atoms with E-state index in [0.717, 1.165) is 38.5 Å². The van der Waals surface area contributed by atoms with Crippen molar-refractivity contribution in [1.29, 1.82) is 0 Å². The van der Waals surface area contributed by atoms with Crippen molar-refractivity contribution in [2.45, 2.75) is 69.6 Å². The molecule has 2 aliphatic carbocycles. The molecule has 126 valence electrons. The fourth-order valence-corrected chi connectivity index (χ4v) is 4.00. The van der Waals surface area contributed by atoms with Crippen LogP contribution in [0.5, 0.6) is 0 Å². The summed E-state index contributed by atoms with van der Waals surface area (Å²) in [6, 6.07) is 11.0. The van der Waals surface area contributed by atoms with E-state index in [4.69, 9.17) is 0 Å². The minimum Gasteiger partial charge on any atom is -0.393 e. The van der Waals surface area contributed by atoms with Crippen molar-refractivity contribution in [3.05, 3.63) is 35.9 Å². The number of carbonyl (C=O) groups is 1. The molecule has 3 rings (SSSR count). The molecule has 4 nitrogen and oxygen atoms in total. The Hall–Kier alpha value is -1.55. The number of nitrogens with one attached hydrogen (secondary N) is 2. The van der Waals surface area contributed by atoms with Gasteiger partial charge in [0, 0.05) is 12.1 Å². The molecule has 0 radical (unpaired) electrons. The fourth-order valence-electron chi connectivity index (χ4n) is 4.00. The van der Waals surface area contributed by atoms with Crippen LogP contribution in [0.1, 0.15) is 50.5 Å². The standard InChI is InChI=1S/C19H28N2O2/c22-17-11-9-16(10-12-17)20-19(23)21-18-8-4-7-15(18)13-14-5-2-1-3-6-14/h1-3,5-6,15-18,22H,4,7-13H2,(H2,20,21,23). The number of rotatable bonds is 4. The van der Waals surface area contributed by atoms with Gasteiger partial charge in [-0.1, -0.05) is 36.8 Å². The molecular formula is C19H28N2O2. The SMILES string of the molecule is O=C(NC1CCC(O)CC1)NC1CCCC1Cc1ccccc1. The molecule has 4 heteroatoms. The van der Waals surface area contributed by atoms with Crippen LogP contribution in [0, 0.1) is 5.92 Å². The molecule has 2 unspecified atom stereocenters. The number of aliphatic hydroxyl groups is 1. The maximum Gasteiger partial charge on any atom is 0.315 e. The maximum absolute atomic E-state index is 12.3. The molecule has 0 bridgehead atoms. The zero-order valence-electron chi connectivity index (χ0n) is 13.7. The molecule has 23 heavy (non-hydrogen) atoms. The Kier molecular flexibility index (Phi) is 5.55. The molecule has 1 aromatic carbocycles. The Labute approximate surface area is 138 Å². The molecule has 2 amide bonds. The minimum absolute atomic E-state index is 0.0312. The predicted molar refractivity (Wildman–Crippen MR) is 91.2 cm³/mol. The molecule has 2 fully saturated rings. The summed E-state index contributed by atoms with van der Waals surface area (Å²) >= 11 is 0. The van der Waals surface area contributed by atoms with Crippen LogP contribution in [0.3, 0.4) is 0 Å². The van der Waals surface area contributed by atoms with E-state index in [0.29, 0.717) is 5.92 Å². The van der Waals surface area contributed by atoms with Gasteiger partial charge in [0.2, 0.25) is 0 Å². The van der Waals surface area contributed by atoms with E-state index in [2.05, 4.69) is 34.9 Å². The Balaban J connectivity index is 1.47. The molecule has 2 saturated carbocycles. The van der Waals surface area contributed by atoms with Gasteiger partial charge in [-0.2, -0.15) is 0 Å². The van der Waals surface area contributed by atoms with Gasteiger partial charge in [-0.15, -0.1) is 0 Å². The third kappa shape index (κ3) is 4.71. The highest BCUT2D eigenvalue weighted by Crippen LogP contribution is 2.29. The largest absolute Gasteiger partial charge is 0.393 e. The number of urea groups is 1. The van der Waals surface area contributed by atoms with Gasteiger partial charge in [0.1, 0.15) is 0 Å². The quantitative estimate of drug-likeness (QED) is 0.799. The Bertz CT molecular complexity index is 497. The molecule has 0 aliphatic heterocycles. The lowest BCUT2D eigenvalue weighted by molar-refractivity contribution is 0.117. The summed E-state index contributed by atoms with van der Waals surface area (Å²) in [5.41, 5.74) is 1.35. The van der Waals surface area contributed by atoms with E-state index in [1.54, 1.807) is 0 Å². The van der Waals surface area contributed by atoms with Crippen LogP contribution in [0.15, 0.2) is 30.3 Å². The molecule has 2 atom stereocenters. The van der Waals surface area contributed by atoms with Crippen LogP contribution in [-0.4, -0.2) is 29.3 Å². The summed E-state index contributed by atoms with van der Waals surface area (Å²) in [6.07, 6.45) is 7.68. The fraction of sp³-hybridized carbons (Fsp3) is 0.632. The van der Waals surface area contributed by atoms with Crippen molar-refractivity contribution in [2.75, 3.05) is 0 Å². The van der Waals surface area contributed by atoms with Gasteiger partial charge in [0.05, 0.1) is 6.10 Å². The normalized spacial score (nSPS) is 30.8. The van der Waals surface area contributed by atoms with Crippen molar-refractivity contribution in [2.24, 2.45) is 5.92 Å². The topological polar surface area (TPSA) is 61.4 Å². The van der Waals surface area contributed by atoms with Gasteiger partial charge in [0.25, 0.3) is 0 Å². The molecule has 2 aliphatic rings. The number of benzene rings is 1. The molecular weight excluding hydrogens is 288 g/mol. The van der Waals surface area contributed by atoms with E-state index < -0.39 is 0 Å². The Morgan fingerprint density at radius 3 is 2.48 bits per heavy atom. The molecule has 0 saturated heterocycles. The number of carbonyl (C=O) groups excluding carboxylic acids is 1. The van der Waals surface area contributed by atoms with Gasteiger partial charge >= 0.3 is 6.03 Å². The van der Waals surface area contributed by atoms with E-state index in [1.807, 2.05) is 6.07 Å². The molecule has 0 heterocycles. The summed E-state index contributed by atoms with van der Waals surface area (Å²) in [4.78, 5) is 12.3. The van der Waals surface area contributed by atoms with Crippen LogP contribution < -0.4 is 10.6 Å². The van der Waals surface area contributed by atoms with Crippen molar-refractivity contribution in [1.82, 2.24) is 10.6 Å². The lowest BCUT2D eigenvalue weighted by atomic mass is 9.93. The molecule has 1 aromatic rings. The maximum atomic E-state index is 12.3. The van der Waals surface area contributed by atoms with Gasteiger partial charge in [-0.05, 0) is 56.4 Å². The summed E-state index contributed by atoms with van der Waals surface area (Å²) < 4.78 is 0. The minimum atomic E-state index is -0.179. The summed E-state index contributed by atoms with van der Waals surface area (Å²) in [5, 5.41) is 15.8. The van der Waals surface area contributed by atoms with Crippen LogP contribution in [0.2, 0.25) is 0 Å². The zero-order chi connectivity index (χ0) is 16.1. The van der Waals surface area contributed by atoms with Gasteiger partial charge in [0.15, 0.2) is 0 Å². The first-order valence-electron chi connectivity index (χ1n) is 8.99. The zero-order valence-corrected chi connectivity index (χ0v) is 13.7. The molecule has 3 N–H and O–H groups in total. The van der Waals surface area contributed by atoms with Gasteiger partial charge in [-0.3, -0.25) is 0 Å². The first kappa shape index (κ1) is 16.3. The summed E-state index contributed by atoms with van der Waals surface area (Å²) in [7, 11) is 0. The van der Waals surface area contributed by atoms with E-state index >= 15 is 0 Å². The highest BCUT2D eigenvalue weighted by atomic mass is 16.3. The second-order valence-corrected chi connectivity index (χ2v) is 7.11. The van der Waals surface area contributed by atoms with Crippen LogP contribution in [0.25, 0.3) is 0 Å². The lowest BCUT2D eigenvalue weighted by Gasteiger charge is -2.28. The average Bonchev–Trinajstić information content (AvgIpc) is 2.97. The highest BCUT2D eigenvalue weighted by Gasteiger charge is 2.29. The summed E-state index contributed by atoms with van der Waals surface area (Å²) in [5.74, 6) is 0.538. The third-order valence-electron chi connectivity index (χ3n) is 5.35. The summed E-state index contributed by atoms with van der Waals surface area (Å²) in [6.45, 7) is 0. The van der Waals surface area contributed by atoms with E-state index in [9.17, 15) is 9.90 Å². The van der Waals surface area contributed by atoms with Gasteiger partial charge in [-0.25, -0.2) is 4.79 Å².